The number of ether oxygens (including phenoxy) is 2. The topological polar surface area (TPSA) is 68.3 Å². The number of hydrogen-bond acceptors (Lipinski definition) is 6. The van der Waals surface area contributed by atoms with Gasteiger partial charge in [0, 0.05) is 24.0 Å². The van der Waals surface area contributed by atoms with Crippen molar-refractivity contribution in [3.8, 4) is 11.5 Å². The predicted molar refractivity (Wildman–Crippen MR) is 108 cm³/mol. The molecule has 140 valence electrons. The van der Waals surface area contributed by atoms with Crippen molar-refractivity contribution in [2.24, 2.45) is 0 Å². The highest BCUT2D eigenvalue weighted by Gasteiger charge is 2.04. The average molecular weight is 364 g/mol. The van der Waals surface area contributed by atoms with Crippen LogP contribution in [0.5, 0.6) is 11.5 Å². The van der Waals surface area contributed by atoms with Crippen LogP contribution in [-0.4, -0.2) is 23.2 Å². The number of hydrogen-bond donors (Lipinski definition) is 2. The van der Waals surface area contributed by atoms with E-state index in [1.807, 2.05) is 68.4 Å². The zero-order valence-corrected chi connectivity index (χ0v) is 15.8. The smallest absolute Gasteiger partial charge is 0.229 e. The first kappa shape index (κ1) is 18.5. The Hall–Kier alpha value is -3.28. The third kappa shape index (κ3) is 5.34. The Labute approximate surface area is 159 Å². The van der Waals surface area contributed by atoms with Crippen LogP contribution < -0.4 is 20.1 Å². The Bertz CT molecular complexity index is 866. The molecule has 0 aliphatic carbocycles. The molecule has 0 aliphatic heterocycles. The van der Waals surface area contributed by atoms with Gasteiger partial charge in [0.25, 0.3) is 0 Å². The normalized spacial score (nSPS) is 10.5. The van der Waals surface area contributed by atoms with Gasteiger partial charge >= 0.3 is 0 Å². The Kier molecular flexibility index (Phi) is 6.10. The summed E-state index contributed by atoms with van der Waals surface area (Å²) in [6.07, 6.45) is 1.87. The van der Waals surface area contributed by atoms with E-state index in [-0.39, 0.29) is 6.10 Å². The quantitative estimate of drug-likeness (QED) is 0.607. The lowest BCUT2D eigenvalue weighted by molar-refractivity contribution is 0.242. The third-order valence-corrected chi connectivity index (χ3v) is 3.79. The third-order valence-electron chi connectivity index (χ3n) is 3.79. The second-order valence-corrected chi connectivity index (χ2v) is 6.25. The van der Waals surface area contributed by atoms with E-state index in [9.17, 15) is 0 Å². The molecule has 1 aromatic heterocycles. The first-order valence-corrected chi connectivity index (χ1v) is 8.86. The van der Waals surface area contributed by atoms with E-state index in [0.29, 0.717) is 12.5 Å². The molecule has 0 bridgehead atoms. The second-order valence-electron chi connectivity index (χ2n) is 6.25. The van der Waals surface area contributed by atoms with Crippen molar-refractivity contribution < 1.29 is 9.47 Å². The Balaban J connectivity index is 1.63. The Morgan fingerprint density at radius 1 is 1.00 bits per heavy atom. The van der Waals surface area contributed by atoms with Crippen LogP contribution >= 0.6 is 0 Å². The van der Waals surface area contributed by atoms with Crippen molar-refractivity contribution in [2.45, 2.75) is 26.5 Å². The number of aromatic nitrogens is 2. The van der Waals surface area contributed by atoms with E-state index in [1.165, 1.54) is 0 Å². The summed E-state index contributed by atoms with van der Waals surface area (Å²) >= 11 is 0. The Morgan fingerprint density at radius 2 is 1.78 bits per heavy atom. The monoisotopic (exact) mass is 364 g/mol. The number of para-hydroxylation sites is 1. The van der Waals surface area contributed by atoms with E-state index in [2.05, 4.69) is 20.6 Å². The standard InChI is InChI=1S/C21H24N4O2/c1-15(2)27-18-10-8-17(9-11-18)24-21-22-13-12-20(25-21)23-14-16-6-4-5-7-19(16)26-3/h4-13,15H,14H2,1-3H3,(H2,22,23,24,25). The van der Waals surface area contributed by atoms with Gasteiger partial charge in [0.2, 0.25) is 5.95 Å². The summed E-state index contributed by atoms with van der Waals surface area (Å²) in [4.78, 5) is 8.78. The molecule has 6 heteroatoms. The lowest BCUT2D eigenvalue weighted by Crippen LogP contribution is -2.06. The minimum Gasteiger partial charge on any atom is -0.496 e. The molecule has 3 rings (SSSR count). The lowest BCUT2D eigenvalue weighted by Gasteiger charge is -2.12. The summed E-state index contributed by atoms with van der Waals surface area (Å²) in [7, 11) is 1.67. The number of rotatable bonds is 8. The molecule has 0 radical (unpaired) electrons. The molecule has 2 N–H and O–H groups in total. The SMILES string of the molecule is COc1ccccc1CNc1ccnc(Nc2ccc(OC(C)C)cc2)n1. The fourth-order valence-electron chi connectivity index (χ4n) is 2.57. The van der Waals surface area contributed by atoms with Crippen LogP contribution in [0.1, 0.15) is 19.4 Å². The number of nitrogens with zero attached hydrogens (tertiary/aromatic N) is 2. The summed E-state index contributed by atoms with van der Waals surface area (Å²) in [5, 5.41) is 6.50. The highest BCUT2D eigenvalue weighted by Crippen LogP contribution is 2.21. The Morgan fingerprint density at radius 3 is 2.52 bits per heavy atom. The number of benzene rings is 2. The van der Waals surface area contributed by atoms with E-state index in [4.69, 9.17) is 9.47 Å². The van der Waals surface area contributed by atoms with Gasteiger partial charge in [-0.3, -0.25) is 0 Å². The number of anilines is 3. The number of methoxy groups -OCH3 is 1. The zero-order chi connectivity index (χ0) is 19.1. The molecule has 6 nitrogen and oxygen atoms in total. The molecule has 0 amide bonds. The molecule has 0 atom stereocenters. The molecular formula is C21H24N4O2. The van der Waals surface area contributed by atoms with Gasteiger partial charge in [-0.05, 0) is 50.2 Å². The minimum atomic E-state index is 0.151. The lowest BCUT2D eigenvalue weighted by atomic mass is 10.2. The summed E-state index contributed by atoms with van der Waals surface area (Å²) in [5.74, 6) is 2.94. The first-order chi connectivity index (χ1) is 13.1. The van der Waals surface area contributed by atoms with Crippen LogP contribution in [0.15, 0.2) is 60.8 Å². The van der Waals surface area contributed by atoms with Crippen molar-refractivity contribution in [3.05, 3.63) is 66.4 Å². The van der Waals surface area contributed by atoms with Crippen LogP contribution in [0.4, 0.5) is 17.5 Å². The molecule has 0 unspecified atom stereocenters. The van der Waals surface area contributed by atoms with Gasteiger partial charge in [0.1, 0.15) is 17.3 Å². The van der Waals surface area contributed by atoms with Crippen LogP contribution in [0, 0.1) is 0 Å². The first-order valence-electron chi connectivity index (χ1n) is 8.86. The van der Waals surface area contributed by atoms with Crippen LogP contribution in [0.25, 0.3) is 0 Å². The summed E-state index contributed by atoms with van der Waals surface area (Å²) in [6, 6.07) is 17.5. The van der Waals surface area contributed by atoms with Crippen LogP contribution in [-0.2, 0) is 6.54 Å². The maximum absolute atomic E-state index is 5.65. The summed E-state index contributed by atoms with van der Waals surface area (Å²) < 4.78 is 11.0. The van der Waals surface area contributed by atoms with Crippen molar-refractivity contribution in [1.82, 2.24) is 9.97 Å². The van der Waals surface area contributed by atoms with Crippen molar-refractivity contribution in [2.75, 3.05) is 17.7 Å². The fraction of sp³-hybridized carbons (Fsp3) is 0.238. The van der Waals surface area contributed by atoms with E-state index in [0.717, 1.165) is 28.6 Å². The molecule has 0 saturated carbocycles. The zero-order valence-electron chi connectivity index (χ0n) is 15.8. The molecule has 0 aliphatic rings. The molecule has 1 heterocycles. The average Bonchev–Trinajstić information content (AvgIpc) is 2.68. The number of nitrogens with one attached hydrogen (secondary N) is 2. The fourth-order valence-corrected chi connectivity index (χ4v) is 2.57. The molecule has 2 aromatic carbocycles. The molecule has 27 heavy (non-hydrogen) atoms. The van der Waals surface area contributed by atoms with Gasteiger partial charge in [-0.1, -0.05) is 18.2 Å². The van der Waals surface area contributed by atoms with Crippen LogP contribution in [0.2, 0.25) is 0 Å². The maximum atomic E-state index is 5.65. The van der Waals surface area contributed by atoms with E-state index >= 15 is 0 Å². The van der Waals surface area contributed by atoms with Crippen LogP contribution in [0.3, 0.4) is 0 Å². The van der Waals surface area contributed by atoms with Crippen molar-refractivity contribution in [1.29, 1.82) is 0 Å². The van der Waals surface area contributed by atoms with Gasteiger partial charge in [-0.25, -0.2) is 4.98 Å². The van der Waals surface area contributed by atoms with Gasteiger partial charge in [0.15, 0.2) is 0 Å². The molecule has 0 fully saturated rings. The van der Waals surface area contributed by atoms with Gasteiger partial charge in [0.05, 0.1) is 13.2 Å². The highest BCUT2D eigenvalue weighted by molar-refractivity contribution is 5.56. The van der Waals surface area contributed by atoms with E-state index < -0.39 is 0 Å². The molecule has 3 aromatic rings. The maximum Gasteiger partial charge on any atom is 0.229 e. The molecule has 0 spiro atoms. The summed E-state index contributed by atoms with van der Waals surface area (Å²) in [6.45, 7) is 4.62. The van der Waals surface area contributed by atoms with Crippen molar-refractivity contribution >= 4 is 17.5 Å². The summed E-state index contributed by atoms with van der Waals surface area (Å²) in [5.41, 5.74) is 1.96. The molecular weight excluding hydrogens is 340 g/mol. The van der Waals surface area contributed by atoms with Crippen molar-refractivity contribution in [3.63, 3.8) is 0 Å². The second kappa shape index (κ2) is 8.89. The van der Waals surface area contributed by atoms with Gasteiger partial charge < -0.3 is 20.1 Å². The van der Waals surface area contributed by atoms with E-state index in [1.54, 1.807) is 13.3 Å². The minimum absolute atomic E-state index is 0.151. The molecule has 0 saturated heterocycles. The van der Waals surface area contributed by atoms with Gasteiger partial charge in [-0.15, -0.1) is 0 Å². The van der Waals surface area contributed by atoms with Gasteiger partial charge in [-0.2, -0.15) is 4.98 Å². The predicted octanol–water partition coefficient (Wildman–Crippen LogP) is 4.63. The largest absolute Gasteiger partial charge is 0.496 e. The highest BCUT2D eigenvalue weighted by atomic mass is 16.5.